The van der Waals surface area contributed by atoms with Crippen molar-refractivity contribution < 1.29 is 23.4 Å². The van der Waals surface area contributed by atoms with Crippen LogP contribution in [-0.4, -0.2) is 33.9 Å². The number of rotatable bonds is 10. The number of thioether (sulfide) groups is 1. The topological polar surface area (TPSA) is 87.5 Å². The zero-order valence-electron chi connectivity index (χ0n) is 28.5. The first-order chi connectivity index (χ1) is 23.5. The molecule has 0 radical (unpaired) electrons. The second-order valence-corrected chi connectivity index (χ2v) is 15.3. The van der Waals surface area contributed by atoms with Crippen LogP contribution < -0.4 is 14.8 Å². The number of methoxy groups -OCH3 is 1. The van der Waals surface area contributed by atoms with Crippen LogP contribution in [0, 0.1) is 5.82 Å². The number of carbonyl (C=O) groups excluding carboxylic acids is 1. The lowest BCUT2D eigenvalue weighted by molar-refractivity contribution is -0.146. The Labute approximate surface area is 300 Å². The summed E-state index contributed by atoms with van der Waals surface area (Å²) >= 11 is 5.06. The molecule has 0 saturated heterocycles. The highest BCUT2D eigenvalue weighted by Crippen LogP contribution is 2.44. The Bertz CT molecular complexity index is 1850. The van der Waals surface area contributed by atoms with Crippen LogP contribution >= 0.6 is 27.7 Å². The lowest BCUT2D eigenvalue weighted by Crippen LogP contribution is -2.32. The molecule has 1 aliphatic carbocycles. The SMILES string of the molecule is COc1cc(C2C(C(=O)OC3CCCCC3)=C(C)Nc3nc(SCc4ccccc4F)nn32)cc(Br)c1OCc1ccc(C(C)(C)C)cc1. The van der Waals surface area contributed by atoms with E-state index in [1.54, 1.807) is 30.0 Å². The fourth-order valence-electron chi connectivity index (χ4n) is 6.21. The molecule has 1 atom stereocenters. The number of nitrogens with one attached hydrogen (secondary N) is 1. The number of allylic oxidation sites excluding steroid dienone is 1. The molecule has 49 heavy (non-hydrogen) atoms. The number of esters is 1. The Morgan fingerprint density at radius 1 is 1.08 bits per heavy atom. The average Bonchev–Trinajstić information content (AvgIpc) is 3.48. The van der Waals surface area contributed by atoms with E-state index >= 15 is 0 Å². The number of aromatic nitrogens is 3. The summed E-state index contributed by atoms with van der Waals surface area (Å²) in [6, 6.07) is 18.2. The Hall–Kier alpha value is -3.83. The summed E-state index contributed by atoms with van der Waals surface area (Å²) in [7, 11) is 1.59. The van der Waals surface area contributed by atoms with Gasteiger partial charge in [-0.15, -0.1) is 5.10 Å². The lowest BCUT2D eigenvalue weighted by atomic mass is 9.87. The molecule has 2 aliphatic rings. The van der Waals surface area contributed by atoms with E-state index < -0.39 is 12.0 Å². The first-order valence-corrected chi connectivity index (χ1v) is 18.4. The minimum atomic E-state index is -0.674. The van der Waals surface area contributed by atoms with E-state index in [9.17, 15) is 9.18 Å². The maximum Gasteiger partial charge on any atom is 0.338 e. The Kier molecular flexibility index (Phi) is 10.7. The van der Waals surface area contributed by atoms with Crippen molar-refractivity contribution in [1.29, 1.82) is 0 Å². The fourth-order valence-corrected chi connectivity index (χ4v) is 7.60. The van der Waals surface area contributed by atoms with Gasteiger partial charge in [0, 0.05) is 11.4 Å². The standard InChI is InChI=1S/C38H42BrFN4O4S/c1-23-32(35(45)48-28-12-7-6-8-13-28)33(44-36(41-23)42-37(43-44)49-22-25-11-9-10-14-30(25)40)26-19-29(39)34(31(20-26)46-5)47-21-24-15-17-27(18-16-24)38(2,3)4/h9-11,14-20,28,33H,6-8,12-13,21-22H2,1-5H3,(H,41,42,43). The molecule has 8 nitrogen and oxygen atoms in total. The average molecular weight is 750 g/mol. The summed E-state index contributed by atoms with van der Waals surface area (Å²) < 4.78 is 35.0. The molecule has 1 N–H and O–H groups in total. The van der Waals surface area contributed by atoms with E-state index in [1.165, 1.54) is 23.4 Å². The van der Waals surface area contributed by atoms with Crippen LogP contribution in [0.5, 0.6) is 11.5 Å². The fraction of sp³-hybridized carbons (Fsp3) is 0.395. The van der Waals surface area contributed by atoms with Crippen LogP contribution in [0.25, 0.3) is 0 Å². The van der Waals surface area contributed by atoms with Gasteiger partial charge in [-0.05, 0) is 94.4 Å². The van der Waals surface area contributed by atoms with Gasteiger partial charge >= 0.3 is 5.97 Å². The van der Waals surface area contributed by atoms with Crippen molar-refractivity contribution in [3.63, 3.8) is 0 Å². The molecule has 0 bridgehead atoms. The zero-order valence-corrected chi connectivity index (χ0v) is 30.9. The summed E-state index contributed by atoms with van der Waals surface area (Å²) in [4.78, 5) is 18.7. The maximum absolute atomic E-state index is 14.4. The van der Waals surface area contributed by atoms with Gasteiger partial charge in [0.25, 0.3) is 0 Å². The summed E-state index contributed by atoms with van der Waals surface area (Å²) in [5, 5.41) is 8.56. The van der Waals surface area contributed by atoms with Gasteiger partial charge in [0.05, 0.1) is 17.2 Å². The number of carbonyl (C=O) groups is 1. The number of halogens is 2. The summed E-state index contributed by atoms with van der Waals surface area (Å²) in [6.07, 6.45) is 4.82. The predicted molar refractivity (Wildman–Crippen MR) is 194 cm³/mol. The number of fused-ring (bicyclic) bond motifs is 1. The van der Waals surface area contributed by atoms with Gasteiger partial charge in [-0.25, -0.2) is 13.9 Å². The quantitative estimate of drug-likeness (QED) is 0.127. The molecular formula is C38H42BrFN4O4S. The molecule has 1 unspecified atom stereocenters. The predicted octanol–water partition coefficient (Wildman–Crippen LogP) is 9.52. The molecule has 3 aromatic carbocycles. The highest BCUT2D eigenvalue weighted by molar-refractivity contribution is 9.10. The monoisotopic (exact) mass is 748 g/mol. The van der Waals surface area contributed by atoms with Crippen LogP contribution in [0.4, 0.5) is 10.3 Å². The number of anilines is 1. The Morgan fingerprint density at radius 3 is 2.51 bits per heavy atom. The van der Waals surface area contributed by atoms with Crippen LogP contribution in [0.15, 0.2) is 81.6 Å². The van der Waals surface area contributed by atoms with Gasteiger partial charge < -0.3 is 19.5 Å². The normalized spacial score (nSPS) is 16.6. The molecule has 1 saturated carbocycles. The van der Waals surface area contributed by atoms with Gasteiger partial charge in [-0.3, -0.25) is 0 Å². The smallest absolute Gasteiger partial charge is 0.338 e. The van der Waals surface area contributed by atoms with Gasteiger partial charge in [-0.2, -0.15) is 4.98 Å². The third-order valence-electron chi connectivity index (χ3n) is 8.96. The largest absolute Gasteiger partial charge is 0.493 e. The lowest BCUT2D eigenvalue weighted by Gasteiger charge is -2.30. The maximum atomic E-state index is 14.4. The first-order valence-electron chi connectivity index (χ1n) is 16.6. The summed E-state index contributed by atoms with van der Waals surface area (Å²) in [5.41, 5.74) is 4.71. The van der Waals surface area contributed by atoms with Crippen molar-refractivity contribution >= 4 is 39.6 Å². The molecular weight excluding hydrogens is 707 g/mol. The third-order valence-corrected chi connectivity index (χ3v) is 10.4. The second kappa shape index (κ2) is 15.0. The van der Waals surface area contributed by atoms with Crippen molar-refractivity contribution in [2.45, 2.75) is 94.9 Å². The molecule has 11 heteroatoms. The van der Waals surface area contributed by atoms with Gasteiger partial charge in [0.1, 0.15) is 24.6 Å². The molecule has 2 heterocycles. The van der Waals surface area contributed by atoms with E-state index in [-0.39, 0.29) is 17.3 Å². The van der Waals surface area contributed by atoms with Crippen molar-refractivity contribution in [3.05, 3.63) is 104 Å². The van der Waals surface area contributed by atoms with Crippen LogP contribution in [-0.2, 0) is 27.3 Å². The van der Waals surface area contributed by atoms with Crippen molar-refractivity contribution in [2.75, 3.05) is 12.4 Å². The van der Waals surface area contributed by atoms with E-state index in [4.69, 9.17) is 24.3 Å². The molecule has 1 aliphatic heterocycles. The molecule has 0 amide bonds. The molecule has 0 spiro atoms. The molecule has 1 fully saturated rings. The number of ether oxygens (including phenoxy) is 3. The van der Waals surface area contributed by atoms with Crippen molar-refractivity contribution in [2.24, 2.45) is 0 Å². The highest BCUT2D eigenvalue weighted by Gasteiger charge is 2.37. The Morgan fingerprint density at radius 2 is 1.82 bits per heavy atom. The van der Waals surface area contributed by atoms with Crippen LogP contribution in [0.1, 0.15) is 88.1 Å². The van der Waals surface area contributed by atoms with E-state index in [0.29, 0.717) is 56.3 Å². The summed E-state index contributed by atoms with van der Waals surface area (Å²) in [6.45, 7) is 8.77. The highest BCUT2D eigenvalue weighted by atomic mass is 79.9. The number of benzene rings is 3. The van der Waals surface area contributed by atoms with Crippen molar-refractivity contribution in [1.82, 2.24) is 14.8 Å². The first kappa shape index (κ1) is 35.0. The second-order valence-electron chi connectivity index (χ2n) is 13.5. The van der Waals surface area contributed by atoms with Gasteiger partial charge in [-0.1, -0.05) is 81.4 Å². The molecule has 4 aromatic rings. The van der Waals surface area contributed by atoms with Gasteiger partial charge in [0.15, 0.2) is 11.5 Å². The minimum absolute atomic E-state index is 0.0633. The zero-order chi connectivity index (χ0) is 34.7. The van der Waals surface area contributed by atoms with Crippen LogP contribution in [0.2, 0.25) is 0 Å². The molecule has 6 rings (SSSR count). The van der Waals surface area contributed by atoms with E-state index in [1.807, 2.05) is 19.1 Å². The number of hydrogen-bond donors (Lipinski definition) is 1. The van der Waals surface area contributed by atoms with E-state index in [2.05, 4.69) is 66.3 Å². The Balaban J connectivity index is 1.32. The molecule has 1 aromatic heterocycles. The summed E-state index contributed by atoms with van der Waals surface area (Å²) in [5.74, 6) is 1.21. The van der Waals surface area contributed by atoms with Gasteiger partial charge in [0.2, 0.25) is 11.1 Å². The number of hydrogen-bond acceptors (Lipinski definition) is 8. The molecule has 258 valence electrons. The van der Waals surface area contributed by atoms with Crippen LogP contribution in [0.3, 0.4) is 0 Å². The number of nitrogens with zero attached hydrogens (tertiary/aromatic N) is 3. The third kappa shape index (κ3) is 7.99. The minimum Gasteiger partial charge on any atom is -0.493 e. The van der Waals surface area contributed by atoms with Crippen molar-refractivity contribution in [3.8, 4) is 11.5 Å². The van der Waals surface area contributed by atoms with E-state index in [0.717, 1.165) is 43.2 Å².